The monoisotopic (exact) mass is 125 g/mol. The Balaban J connectivity index is 3.85. The van der Waals surface area contributed by atoms with E-state index < -0.39 is 10.1 Å². The fourth-order valence-corrected chi connectivity index (χ4v) is 0. The van der Waals surface area contributed by atoms with Crippen molar-refractivity contribution in [1.82, 2.24) is 0 Å². The van der Waals surface area contributed by atoms with Gasteiger partial charge in [0.05, 0.1) is 5.38 Å². The summed E-state index contributed by atoms with van der Waals surface area (Å²) < 4.78 is 26.8. The molecule has 0 aromatic rings. The van der Waals surface area contributed by atoms with Crippen LogP contribution in [0.3, 0.4) is 0 Å². The molecule has 0 bridgehead atoms. The first-order chi connectivity index (χ1) is 2.56. The molecular weight excluding hydrogens is 120 g/mol. The zero-order chi connectivity index (χ0) is 5.21. The SMILES string of the molecule is O=S(=O)(O)[CH][SiH3]. The van der Waals surface area contributed by atoms with E-state index in [0.717, 1.165) is 5.38 Å². The maximum absolute atomic E-state index is 9.53. The predicted octanol–water partition coefficient (Wildman–Crippen LogP) is -1.64. The largest absolute Gasteiger partial charge is 0.286 e. The minimum absolute atomic E-state index is 0.385. The average Bonchev–Trinajstić information content (AvgIpc) is 1.35. The molecule has 3 nitrogen and oxygen atoms in total. The molecule has 0 aromatic carbocycles. The topological polar surface area (TPSA) is 54.4 Å². The van der Waals surface area contributed by atoms with Gasteiger partial charge in [-0.15, -0.1) is 0 Å². The Labute approximate surface area is 39.5 Å². The van der Waals surface area contributed by atoms with Crippen LogP contribution >= 0.6 is 0 Å². The lowest BCUT2D eigenvalue weighted by Crippen LogP contribution is -1.94. The van der Waals surface area contributed by atoms with Crippen LogP contribution in [-0.2, 0) is 10.1 Å². The van der Waals surface area contributed by atoms with Crippen molar-refractivity contribution >= 4 is 20.4 Å². The van der Waals surface area contributed by atoms with Crippen molar-refractivity contribution in [3.63, 3.8) is 0 Å². The van der Waals surface area contributed by atoms with Crippen LogP contribution < -0.4 is 0 Å². The van der Waals surface area contributed by atoms with Gasteiger partial charge in [0.15, 0.2) is 0 Å². The molecule has 1 radical (unpaired) electrons. The molecule has 0 rings (SSSR count). The van der Waals surface area contributed by atoms with E-state index in [0.29, 0.717) is 10.2 Å². The van der Waals surface area contributed by atoms with Gasteiger partial charge in [-0.05, 0) is 0 Å². The molecule has 0 fully saturated rings. The Morgan fingerprint density at radius 2 is 1.83 bits per heavy atom. The van der Waals surface area contributed by atoms with Gasteiger partial charge in [0, 0.05) is 10.2 Å². The second-order valence-corrected chi connectivity index (χ2v) is 3.67. The van der Waals surface area contributed by atoms with Gasteiger partial charge in [-0.3, -0.25) is 4.55 Å². The molecule has 0 atom stereocenters. The molecule has 0 amide bonds. The third-order valence-electron chi connectivity index (χ3n) is 0.298. The lowest BCUT2D eigenvalue weighted by molar-refractivity contribution is 0.493. The highest BCUT2D eigenvalue weighted by Gasteiger charge is 1.94. The van der Waals surface area contributed by atoms with E-state index in [2.05, 4.69) is 0 Å². The molecule has 0 spiro atoms. The summed E-state index contributed by atoms with van der Waals surface area (Å²) in [4.78, 5) is 0. The van der Waals surface area contributed by atoms with Gasteiger partial charge in [-0.1, -0.05) is 0 Å². The molecule has 0 aliphatic heterocycles. The molecular formula is CH5O3SSi. The van der Waals surface area contributed by atoms with Gasteiger partial charge in [0.2, 0.25) is 0 Å². The van der Waals surface area contributed by atoms with E-state index in [4.69, 9.17) is 4.55 Å². The van der Waals surface area contributed by atoms with Crippen LogP contribution in [0.25, 0.3) is 0 Å². The summed E-state index contributed by atoms with van der Waals surface area (Å²) in [6.45, 7) is 0. The van der Waals surface area contributed by atoms with Gasteiger partial charge in [-0.2, -0.15) is 8.42 Å². The van der Waals surface area contributed by atoms with Crippen LogP contribution in [0.5, 0.6) is 0 Å². The number of rotatable bonds is 1. The molecule has 5 heteroatoms. The molecule has 0 unspecified atom stereocenters. The van der Waals surface area contributed by atoms with Crippen LogP contribution in [0.15, 0.2) is 0 Å². The van der Waals surface area contributed by atoms with Gasteiger partial charge in [0.25, 0.3) is 10.1 Å². The minimum Gasteiger partial charge on any atom is -0.286 e. The van der Waals surface area contributed by atoms with Crippen molar-refractivity contribution in [3.8, 4) is 0 Å². The Bertz CT molecular complexity index is 113. The summed E-state index contributed by atoms with van der Waals surface area (Å²) in [6, 6.07) is 0. The fraction of sp³-hybridized carbons (Fsp3) is 0. The third-order valence-corrected chi connectivity index (χ3v) is 2.68. The number of hydrogen-bond donors (Lipinski definition) is 1. The summed E-state index contributed by atoms with van der Waals surface area (Å²) in [5, 5.41) is 0.854. The first-order valence-electron chi connectivity index (χ1n) is 1.33. The van der Waals surface area contributed by atoms with E-state index >= 15 is 0 Å². The highest BCUT2D eigenvalue weighted by atomic mass is 32.2. The molecule has 1 N–H and O–H groups in total. The Kier molecular flexibility index (Phi) is 1.76. The maximum Gasteiger partial charge on any atom is 0.265 e. The summed E-state index contributed by atoms with van der Waals surface area (Å²) in [7, 11) is -3.34. The zero-order valence-corrected chi connectivity index (χ0v) is 6.07. The van der Waals surface area contributed by atoms with Gasteiger partial charge < -0.3 is 0 Å². The van der Waals surface area contributed by atoms with Crippen molar-refractivity contribution in [2.45, 2.75) is 0 Å². The summed E-state index contributed by atoms with van der Waals surface area (Å²) in [5.41, 5.74) is 0. The first-order valence-corrected chi connectivity index (χ1v) is 3.99. The Morgan fingerprint density at radius 1 is 1.67 bits per heavy atom. The third kappa shape index (κ3) is 4.13. The number of hydrogen-bond acceptors (Lipinski definition) is 2. The molecule has 0 saturated carbocycles. The van der Waals surface area contributed by atoms with Gasteiger partial charge >= 0.3 is 0 Å². The van der Waals surface area contributed by atoms with Crippen LogP contribution in [-0.4, -0.2) is 23.2 Å². The quantitative estimate of drug-likeness (QED) is 0.338. The Hall–Kier alpha value is 0.127. The Morgan fingerprint density at radius 3 is 1.83 bits per heavy atom. The van der Waals surface area contributed by atoms with Crippen LogP contribution in [0.2, 0.25) is 0 Å². The lowest BCUT2D eigenvalue weighted by atomic mass is 11.9. The highest BCUT2D eigenvalue weighted by molar-refractivity contribution is 7.89. The van der Waals surface area contributed by atoms with Crippen LogP contribution in [0.4, 0.5) is 0 Å². The molecule has 0 aliphatic carbocycles. The van der Waals surface area contributed by atoms with E-state index in [1.807, 2.05) is 0 Å². The predicted molar refractivity (Wildman–Crippen MR) is 25.8 cm³/mol. The minimum atomic E-state index is -3.73. The molecule has 0 aliphatic rings. The van der Waals surface area contributed by atoms with E-state index in [1.54, 1.807) is 0 Å². The molecule has 6 heavy (non-hydrogen) atoms. The van der Waals surface area contributed by atoms with Crippen molar-refractivity contribution in [2.24, 2.45) is 0 Å². The van der Waals surface area contributed by atoms with E-state index in [-0.39, 0.29) is 0 Å². The smallest absolute Gasteiger partial charge is 0.265 e. The summed E-state index contributed by atoms with van der Waals surface area (Å²) in [5.74, 6) is 0. The highest BCUT2D eigenvalue weighted by Crippen LogP contribution is 1.77. The normalized spacial score (nSPS) is 12.2. The fourth-order valence-electron chi connectivity index (χ4n) is 0. The van der Waals surface area contributed by atoms with Crippen LogP contribution in [0.1, 0.15) is 0 Å². The second-order valence-electron chi connectivity index (χ2n) is 0.751. The van der Waals surface area contributed by atoms with E-state index in [1.165, 1.54) is 0 Å². The zero-order valence-electron chi connectivity index (χ0n) is 3.25. The lowest BCUT2D eigenvalue weighted by Gasteiger charge is -1.79. The van der Waals surface area contributed by atoms with Gasteiger partial charge in [-0.25, -0.2) is 0 Å². The van der Waals surface area contributed by atoms with Gasteiger partial charge in [0.1, 0.15) is 0 Å². The average molecular weight is 125 g/mol. The maximum atomic E-state index is 9.53. The molecule has 0 heterocycles. The van der Waals surface area contributed by atoms with Crippen molar-refractivity contribution in [2.75, 3.05) is 0 Å². The summed E-state index contributed by atoms with van der Waals surface area (Å²) >= 11 is 0. The van der Waals surface area contributed by atoms with Crippen molar-refractivity contribution in [1.29, 1.82) is 0 Å². The van der Waals surface area contributed by atoms with Crippen molar-refractivity contribution < 1.29 is 13.0 Å². The second kappa shape index (κ2) is 1.72. The standard InChI is InChI=1S/CH5O3SSi/c2-5(3,4)1-6/h1H,6H3,(H,2,3,4). The molecule has 0 aromatic heterocycles. The van der Waals surface area contributed by atoms with Crippen molar-refractivity contribution in [3.05, 3.63) is 5.38 Å². The molecule has 0 saturated heterocycles. The molecule has 37 valence electrons. The first kappa shape index (κ1) is 6.13. The summed E-state index contributed by atoms with van der Waals surface area (Å²) in [6.07, 6.45) is 0. The van der Waals surface area contributed by atoms with Crippen LogP contribution in [0, 0.1) is 5.38 Å². The van der Waals surface area contributed by atoms with E-state index in [9.17, 15) is 8.42 Å².